The summed E-state index contributed by atoms with van der Waals surface area (Å²) < 4.78 is 0. The third kappa shape index (κ3) is 6.31. The molecule has 0 spiro atoms. The fraction of sp³-hybridized carbons (Fsp3) is 0.667. The van der Waals surface area contributed by atoms with Gasteiger partial charge in [-0.15, -0.1) is 17.9 Å². The minimum atomic E-state index is 0.587. The minimum Gasteiger partial charge on any atom is -0.314 e. The predicted octanol–water partition coefficient (Wildman–Crippen LogP) is 4.11. The lowest BCUT2D eigenvalue weighted by atomic mass is 10.0. The van der Waals surface area contributed by atoms with Crippen LogP contribution in [-0.2, 0) is 6.42 Å². The Kier molecular flexibility index (Phi) is 7.94. The molecule has 1 rings (SSSR count). The largest absolute Gasteiger partial charge is 0.314 e. The number of aromatic nitrogens is 1. The van der Waals surface area contributed by atoms with Gasteiger partial charge in [0, 0.05) is 23.5 Å². The van der Waals surface area contributed by atoms with Crippen LogP contribution in [0.15, 0.2) is 18.0 Å². The van der Waals surface area contributed by atoms with Gasteiger partial charge in [0.05, 0.1) is 5.01 Å². The molecule has 0 aliphatic carbocycles. The van der Waals surface area contributed by atoms with Crippen molar-refractivity contribution in [2.45, 2.75) is 58.4 Å². The second-order valence-corrected chi connectivity index (χ2v) is 5.71. The van der Waals surface area contributed by atoms with Crippen molar-refractivity contribution in [3.8, 4) is 0 Å². The van der Waals surface area contributed by atoms with E-state index >= 15 is 0 Å². The fourth-order valence-corrected chi connectivity index (χ4v) is 2.98. The summed E-state index contributed by atoms with van der Waals surface area (Å²) in [6.07, 6.45) is 9.38. The maximum absolute atomic E-state index is 4.56. The molecule has 102 valence electrons. The number of allylic oxidation sites excluding steroid dienone is 1. The number of thiazole rings is 1. The molecule has 0 fully saturated rings. The Labute approximate surface area is 116 Å². The number of unbranched alkanes of at least 4 members (excludes halogenated alkanes) is 3. The van der Waals surface area contributed by atoms with E-state index in [-0.39, 0.29) is 0 Å². The van der Waals surface area contributed by atoms with Crippen molar-refractivity contribution in [2.24, 2.45) is 0 Å². The molecule has 0 bridgehead atoms. The maximum Gasteiger partial charge on any atom is 0.0943 e. The van der Waals surface area contributed by atoms with E-state index in [1.54, 1.807) is 11.3 Å². The van der Waals surface area contributed by atoms with E-state index in [2.05, 4.69) is 36.1 Å². The first-order valence-electron chi connectivity index (χ1n) is 7.01. The monoisotopic (exact) mass is 266 g/mol. The van der Waals surface area contributed by atoms with Crippen LogP contribution in [0.5, 0.6) is 0 Å². The van der Waals surface area contributed by atoms with Crippen LogP contribution in [0.3, 0.4) is 0 Å². The van der Waals surface area contributed by atoms with E-state index in [0.29, 0.717) is 6.04 Å². The first-order chi connectivity index (χ1) is 8.76. The number of aryl methyl sites for hydroxylation is 1. The first kappa shape index (κ1) is 15.4. The molecule has 3 heteroatoms. The molecule has 1 unspecified atom stereocenters. The van der Waals surface area contributed by atoms with Crippen LogP contribution in [-0.4, -0.2) is 17.6 Å². The van der Waals surface area contributed by atoms with Crippen LogP contribution in [0.2, 0.25) is 0 Å². The van der Waals surface area contributed by atoms with Crippen LogP contribution in [0, 0.1) is 6.92 Å². The lowest BCUT2D eigenvalue weighted by Crippen LogP contribution is -2.30. The Hall–Kier alpha value is -0.670. The minimum absolute atomic E-state index is 0.587. The summed E-state index contributed by atoms with van der Waals surface area (Å²) in [6, 6.07) is 0.587. The van der Waals surface area contributed by atoms with Crippen LogP contribution >= 0.6 is 11.3 Å². The Morgan fingerprint density at radius 2 is 2.28 bits per heavy atom. The van der Waals surface area contributed by atoms with Crippen molar-refractivity contribution in [1.82, 2.24) is 10.3 Å². The molecule has 0 saturated carbocycles. The second kappa shape index (κ2) is 9.29. The van der Waals surface area contributed by atoms with Crippen LogP contribution in [0.1, 0.15) is 49.7 Å². The molecule has 1 aromatic rings. The molecule has 0 aliphatic rings. The summed E-state index contributed by atoms with van der Waals surface area (Å²) in [6.45, 7) is 9.05. The van der Waals surface area contributed by atoms with Crippen LogP contribution in [0.25, 0.3) is 0 Å². The Bertz CT molecular complexity index is 333. The first-order valence-corrected chi connectivity index (χ1v) is 7.89. The van der Waals surface area contributed by atoms with Crippen molar-refractivity contribution in [2.75, 3.05) is 6.54 Å². The number of likely N-dealkylation sites (N-methyl/N-ethyl adjacent to an activating group) is 1. The highest BCUT2D eigenvalue weighted by molar-refractivity contribution is 7.09. The highest BCUT2D eigenvalue weighted by Gasteiger charge is 2.10. The number of hydrogen-bond acceptors (Lipinski definition) is 3. The van der Waals surface area contributed by atoms with Gasteiger partial charge in [0.2, 0.25) is 0 Å². The molecule has 1 heterocycles. The summed E-state index contributed by atoms with van der Waals surface area (Å²) >= 11 is 1.79. The molecule has 0 aliphatic heterocycles. The highest BCUT2D eigenvalue weighted by Crippen LogP contribution is 2.14. The van der Waals surface area contributed by atoms with Gasteiger partial charge in [-0.25, -0.2) is 4.98 Å². The molecule has 1 N–H and O–H groups in total. The number of hydrogen-bond donors (Lipinski definition) is 1. The number of nitrogens with zero attached hydrogens (tertiary/aromatic N) is 1. The van der Waals surface area contributed by atoms with E-state index < -0.39 is 0 Å². The summed E-state index contributed by atoms with van der Waals surface area (Å²) in [4.78, 5) is 4.56. The van der Waals surface area contributed by atoms with E-state index in [9.17, 15) is 0 Å². The predicted molar refractivity (Wildman–Crippen MR) is 81.3 cm³/mol. The van der Waals surface area contributed by atoms with E-state index in [0.717, 1.165) is 25.1 Å². The molecular weight excluding hydrogens is 240 g/mol. The normalized spacial score (nSPS) is 12.6. The van der Waals surface area contributed by atoms with Crippen LogP contribution in [0.4, 0.5) is 0 Å². The average molecular weight is 266 g/mol. The summed E-state index contributed by atoms with van der Waals surface area (Å²) in [7, 11) is 0. The quantitative estimate of drug-likeness (QED) is 0.509. The van der Waals surface area contributed by atoms with Gasteiger partial charge in [-0.1, -0.05) is 25.8 Å². The average Bonchev–Trinajstić information content (AvgIpc) is 2.75. The van der Waals surface area contributed by atoms with Gasteiger partial charge < -0.3 is 5.32 Å². The molecule has 2 nitrogen and oxygen atoms in total. The van der Waals surface area contributed by atoms with Gasteiger partial charge in [-0.2, -0.15) is 0 Å². The molecule has 0 radical (unpaired) electrons. The van der Waals surface area contributed by atoms with Gasteiger partial charge in [0.15, 0.2) is 0 Å². The number of rotatable bonds is 10. The molecule has 1 aromatic heterocycles. The van der Waals surface area contributed by atoms with Crippen molar-refractivity contribution >= 4 is 11.3 Å². The van der Waals surface area contributed by atoms with Gasteiger partial charge in [-0.05, 0) is 32.7 Å². The smallest absolute Gasteiger partial charge is 0.0943 e. The maximum atomic E-state index is 4.56. The summed E-state index contributed by atoms with van der Waals surface area (Å²) in [5.74, 6) is 0. The third-order valence-corrected chi connectivity index (χ3v) is 4.03. The van der Waals surface area contributed by atoms with Crippen LogP contribution < -0.4 is 5.32 Å². The zero-order chi connectivity index (χ0) is 13.2. The molecule has 1 atom stereocenters. The third-order valence-electron chi connectivity index (χ3n) is 3.04. The van der Waals surface area contributed by atoms with Gasteiger partial charge in [0.1, 0.15) is 0 Å². The van der Waals surface area contributed by atoms with Crippen molar-refractivity contribution in [3.63, 3.8) is 0 Å². The molecule has 0 amide bonds. The van der Waals surface area contributed by atoms with Crippen molar-refractivity contribution in [1.29, 1.82) is 0 Å². The summed E-state index contributed by atoms with van der Waals surface area (Å²) in [5, 5.41) is 6.99. The fourth-order valence-electron chi connectivity index (χ4n) is 2.13. The molecule has 0 aromatic carbocycles. The zero-order valence-electron chi connectivity index (χ0n) is 11.7. The molecule has 0 saturated heterocycles. The SMILES string of the molecule is C=CCCCCCC(Cc1nc(C)cs1)NCC. The number of nitrogens with one attached hydrogen (secondary N) is 1. The second-order valence-electron chi connectivity index (χ2n) is 4.77. The van der Waals surface area contributed by atoms with Gasteiger partial charge in [-0.3, -0.25) is 0 Å². The Morgan fingerprint density at radius 3 is 2.89 bits per heavy atom. The van der Waals surface area contributed by atoms with Crippen molar-refractivity contribution in [3.05, 3.63) is 28.7 Å². The lowest BCUT2D eigenvalue weighted by Gasteiger charge is -2.16. The standard InChI is InChI=1S/C15H26N2S/c1-4-6-7-8-9-10-14(16-5-2)11-15-17-13(3)12-18-15/h4,12,14,16H,1,5-11H2,2-3H3. The zero-order valence-corrected chi connectivity index (χ0v) is 12.6. The lowest BCUT2D eigenvalue weighted by molar-refractivity contribution is 0.464. The Balaban J connectivity index is 2.28. The van der Waals surface area contributed by atoms with E-state index in [1.165, 1.54) is 30.7 Å². The molecular formula is C15H26N2S. The van der Waals surface area contributed by atoms with E-state index in [4.69, 9.17) is 0 Å². The Morgan fingerprint density at radius 1 is 1.44 bits per heavy atom. The van der Waals surface area contributed by atoms with E-state index in [1.807, 2.05) is 6.08 Å². The summed E-state index contributed by atoms with van der Waals surface area (Å²) in [5.41, 5.74) is 1.15. The van der Waals surface area contributed by atoms with Gasteiger partial charge in [0.25, 0.3) is 0 Å². The highest BCUT2D eigenvalue weighted by atomic mass is 32.1. The van der Waals surface area contributed by atoms with Gasteiger partial charge >= 0.3 is 0 Å². The van der Waals surface area contributed by atoms with Crippen molar-refractivity contribution < 1.29 is 0 Å². The topological polar surface area (TPSA) is 24.9 Å². The molecule has 18 heavy (non-hydrogen) atoms.